The van der Waals surface area contributed by atoms with Gasteiger partial charge in [0, 0.05) is 53.1 Å². The third-order valence-corrected chi connectivity index (χ3v) is 4.74. The summed E-state index contributed by atoms with van der Waals surface area (Å²) in [6.07, 6.45) is 5.95. The number of benzene rings is 1. The van der Waals surface area contributed by atoms with Gasteiger partial charge in [0.15, 0.2) is 0 Å². The van der Waals surface area contributed by atoms with Gasteiger partial charge in [-0.3, -0.25) is 15.0 Å². The van der Waals surface area contributed by atoms with Crippen molar-refractivity contribution in [1.29, 1.82) is 0 Å². The molecule has 7 heteroatoms. The first-order valence-electron chi connectivity index (χ1n) is 8.78. The summed E-state index contributed by atoms with van der Waals surface area (Å²) in [7, 11) is 0. The van der Waals surface area contributed by atoms with Crippen LogP contribution in [0.3, 0.4) is 0 Å². The zero-order valence-electron chi connectivity index (χ0n) is 15.2. The van der Waals surface area contributed by atoms with Gasteiger partial charge in [-0.25, -0.2) is 0 Å². The van der Waals surface area contributed by atoms with Gasteiger partial charge in [-0.05, 0) is 30.7 Å². The van der Waals surface area contributed by atoms with Gasteiger partial charge < -0.3 is 20.1 Å². The van der Waals surface area contributed by atoms with Crippen molar-refractivity contribution in [2.45, 2.75) is 26.2 Å². The van der Waals surface area contributed by atoms with Crippen LogP contribution in [-0.2, 0) is 17.9 Å². The maximum atomic E-state index is 10.4. The summed E-state index contributed by atoms with van der Waals surface area (Å²) >= 11 is 0. The van der Waals surface area contributed by atoms with Crippen molar-refractivity contribution >= 4 is 6.21 Å². The quantitative estimate of drug-likeness (QED) is 0.603. The van der Waals surface area contributed by atoms with E-state index < -0.39 is 6.10 Å². The zero-order chi connectivity index (χ0) is 19.7. The van der Waals surface area contributed by atoms with Gasteiger partial charge in [0.25, 0.3) is 0 Å². The fourth-order valence-corrected chi connectivity index (χ4v) is 3.22. The first-order chi connectivity index (χ1) is 13.5. The van der Waals surface area contributed by atoms with Crippen LogP contribution in [0.15, 0.2) is 47.8 Å². The van der Waals surface area contributed by atoms with Crippen molar-refractivity contribution in [3.8, 4) is 17.2 Å². The van der Waals surface area contributed by atoms with E-state index in [2.05, 4.69) is 15.0 Å². The molecule has 3 aromatic rings. The molecule has 1 aliphatic rings. The standard InChI is InChI=1S/C21H19N3O4/c1-12-20(27)19-15(10-24-12)11-28-21(19)16-6-14(17(25)7-18(16)26)9-23-8-13-2-4-22-5-3-13/h2-7,9-10,21,25-27H,8,11H2,1H3. The van der Waals surface area contributed by atoms with E-state index in [4.69, 9.17) is 4.74 Å². The number of aromatic hydroxyl groups is 3. The normalized spacial score (nSPS) is 15.8. The Morgan fingerprint density at radius 3 is 2.75 bits per heavy atom. The molecule has 0 aliphatic carbocycles. The van der Waals surface area contributed by atoms with Gasteiger partial charge in [-0.2, -0.15) is 0 Å². The van der Waals surface area contributed by atoms with Gasteiger partial charge >= 0.3 is 0 Å². The Morgan fingerprint density at radius 1 is 1.18 bits per heavy atom. The number of rotatable bonds is 4. The van der Waals surface area contributed by atoms with Crippen molar-refractivity contribution in [3.63, 3.8) is 0 Å². The molecule has 1 aromatic carbocycles. The lowest BCUT2D eigenvalue weighted by Gasteiger charge is -2.16. The number of aromatic nitrogens is 2. The first kappa shape index (κ1) is 17.9. The van der Waals surface area contributed by atoms with E-state index in [1.807, 2.05) is 12.1 Å². The predicted molar refractivity (Wildman–Crippen MR) is 103 cm³/mol. The SMILES string of the molecule is Cc1ncc2c(c1O)C(c1cc(C=NCc3ccncc3)c(O)cc1O)OC2. The molecule has 0 saturated carbocycles. The van der Waals surface area contributed by atoms with E-state index in [-0.39, 0.29) is 23.9 Å². The second-order valence-corrected chi connectivity index (χ2v) is 6.62. The molecule has 3 N–H and O–H groups in total. The molecule has 2 aromatic heterocycles. The summed E-state index contributed by atoms with van der Waals surface area (Å²) in [5, 5.41) is 31.0. The number of hydrogen-bond donors (Lipinski definition) is 3. The largest absolute Gasteiger partial charge is 0.507 e. The van der Waals surface area contributed by atoms with Crippen LogP contribution in [0.25, 0.3) is 0 Å². The summed E-state index contributed by atoms with van der Waals surface area (Å²) in [5.41, 5.74) is 3.74. The maximum Gasteiger partial charge on any atom is 0.143 e. The second-order valence-electron chi connectivity index (χ2n) is 6.62. The number of pyridine rings is 2. The van der Waals surface area contributed by atoms with Gasteiger partial charge in [0.05, 0.1) is 18.8 Å². The first-order valence-corrected chi connectivity index (χ1v) is 8.78. The van der Waals surface area contributed by atoms with Crippen molar-refractivity contribution in [2.75, 3.05) is 0 Å². The molecule has 0 bridgehead atoms. The third-order valence-electron chi connectivity index (χ3n) is 4.74. The van der Waals surface area contributed by atoms with Crippen molar-refractivity contribution in [1.82, 2.24) is 9.97 Å². The van der Waals surface area contributed by atoms with Gasteiger partial charge in [0.1, 0.15) is 23.4 Å². The van der Waals surface area contributed by atoms with Crippen LogP contribution in [0.4, 0.5) is 0 Å². The molecular formula is C21H19N3O4. The van der Waals surface area contributed by atoms with Crippen LogP contribution >= 0.6 is 0 Å². The highest BCUT2D eigenvalue weighted by Gasteiger charge is 2.31. The fraction of sp³-hybridized carbons (Fsp3) is 0.190. The number of fused-ring (bicyclic) bond motifs is 1. The Kier molecular flexibility index (Phi) is 4.67. The van der Waals surface area contributed by atoms with Crippen molar-refractivity contribution in [3.05, 3.63) is 76.4 Å². The van der Waals surface area contributed by atoms with Crippen LogP contribution in [0, 0.1) is 6.92 Å². The summed E-state index contributed by atoms with van der Waals surface area (Å²) in [6.45, 7) is 2.43. The van der Waals surface area contributed by atoms with E-state index in [1.165, 1.54) is 6.07 Å². The highest BCUT2D eigenvalue weighted by Crippen LogP contribution is 2.45. The molecule has 4 rings (SSSR count). The van der Waals surface area contributed by atoms with Gasteiger partial charge in [-0.15, -0.1) is 0 Å². The molecule has 0 saturated heterocycles. The maximum absolute atomic E-state index is 10.4. The molecule has 0 fully saturated rings. The van der Waals surface area contributed by atoms with Crippen molar-refractivity contribution in [2.24, 2.45) is 4.99 Å². The fourth-order valence-electron chi connectivity index (χ4n) is 3.22. The molecule has 0 amide bonds. The molecule has 1 aliphatic heterocycles. The smallest absolute Gasteiger partial charge is 0.143 e. The molecule has 1 atom stereocenters. The average molecular weight is 377 g/mol. The summed E-state index contributed by atoms with van der Waals surface area (Å²) in [6, 6.07) is 6.61. The number of ether oxygens (including phenoxy) is 1. The molecule has 0 spiro atoms. The lowest BCUT2D eigenvalue weighted by atomic mass is 9.96. The number of phenolic OH excluding ortho intramolecular Hbond substituents is 2. The predicted octanol–water partition coefficient (Wildman–Crippen LogP) is 3.14. The molecule has 142 valence electrons. The van der Waals surface area contributed by atoms with E-state index in [1.54, 1.807) is 37.8 Å². The molecule has 7 nitrogen and oxygen atoms in total. The lowest BCUT2D eigenvalue weighted by Crippen LogP contribution is -2.02. The Labute approximate surface area is 161 Å². The van der Waals surface area contributed by atoms with Crippen LogP contribution in [0.2, 0.25) is 0 Å². The van der Waals surface area contributed by atoms with E-state index >= 15 is 0 Å². The second kappa shape index (κ2) is 7.28. The molecular weight excluding hydrogens is 358 g/mol. The number of phenols is 2. The summed E-state index contributed by atoms with van der Waals surface area (Å²) in [5.74, 6) is -0.149. The number of aliphatic imine (C=N–C) groups is 1. The van der Waals surface area contributed by atoms with E-state index in [0.717, 1.165) is 11.1 Å². The molecule has 1 unspecified atom stereocenters. The Bertz CT molecular complexity index is 1050. The summed E-state index contributed by atoms with van der Waals surface area (Å²) in [4.78, 5) is 12.5. The molecule has 28 heavy (non-hydrogen) atoms. The van der Waals surface area contributed by atoms with Crippen LogP contribution < -0.4 is 0 Å². The minimum atomic E-state index is -0.648. The molecule has 3 heterocycles. The van der Waals surface area contributed by atoms with Crippen LogP contribution in [0.1, 0.15) is 39.6 Å². The zero-order valence-corrected chi connectivity index (χ0v) is 15.2. The van der Waals surface area contributed by atoms with E-state index in [0.29, 0.717) is 28.9 Å². The Balaban J connectivity index is 1.67. The Hall–Kier alpha value is -3.45. The third kappa shape index (κ3) is 3.27. The van der Waals surface area contributed by atoms with Crippen LogP contribution in [-0.4, -0.2) is 31.5 Å². The molecule has 0 radical (unpaired) electrons. The highest BCUT2D eigenvalue weighted by molar-refractivity contribution is 5.84. The average Bonchev–Trinajstić information content (AvgIpc) is 3.12. The lowest BCUT2D eigenvalue weighted by molar-refractivity contribution is 0.0910. The van der Waals surface area contributed by atoms with E-state index in [9.17, 15) is 15.3 Å². The Morgan fingerprint density at radius 2 is 1.96 bits per heavy atom. The minimum Gasteiger partial charge on any atom is -0.507 e. The van der Waals surface area contributed by atoms with Crippen LogP contribution in [0.5, 0.6) is 17.2 Å². The topological polar surface area (TPSA) is 108 Å². The summed E-state index contributed by atoms with van der Waals surface area (Å²) < 4.78 is 5.80. The number of nitrogens with zero attached hydrogens (tertiary/aromatic N) is 3. The monoisotopic (exact) mass is 377 g/mol. The number of hydrogen-bond acceptors (Lipinski definition) is 7. The highest BCUT2D eigenvalue weighted by atomic mass is 16.5. The van der Waals surface area contributed by atoms with Gasteiger partial charge in [-0.1, -0.05) is 0 Å². The van der Waals surface area contributed by atoms with Gasteiger partial charge in [0.2, 0.25) is 0 Å². The number of aryl methyl sites for hydroxylation is 1. The minimum absolute atomic E-state index is 0.0559. The van der Waals surface area contributed by atoms with Crippen molar-refractivity contribution < 1.29 is 20.1 Å².